The fraction of sp³-hybridized carbons (Fsp3) is 0.500. The minimum Gasteiger partial charge on any atom is -0.375 e. The number of nitrogens with zero attached hydrogens (tertiary/aromatic N) is 5. The van der Waals surface area contributed by atoms with Crippen LogP contribution < -0.4 is 0 Å². The highest BCUT2D eigenvalue weighted by Crippen LogP contribution is 2.20. The number of ether oxygens (including phenoxy) is 1. The van der Waals surface area contributed by atoms with Crippen LogP contribution in [0, 0.1) is 0 Å². The van der Waals surface area contributed by atoms with Crippen molar-refractivity contribution in [2.45, 2.75) is 38.8 Å². The molecule has 0 unspecified atom stereocenters. The van der Waals surface area contributed by atoms with E-state index < -0.39 is 0 Å². The van der Waals surface area contributed by atoms with E-state index in [4.69, 9.17) is 9.84 Å². The van der Waals surface area contributed by atoms with Gasteiger partial charge in [0.25, 0.3) is 0 Å². The summed E-state index contributed by atoms with van der Waals surface area (Å²) in [6, 6.07) is 10.9. The highest BCUT2D eigenvalue weighted by molar-refractivity contribution is 7.16. The second-order valence-corrected chi connectivity index (χ2v) is 7.79. The molecule has 25 heavy (non-hydrogen) atoms. The molecule has 0 amide bonds. The molecule has 0 bridgehead atoms. The third kappa shape index (κ3) is 3.73. The van der Waals surface area contributed by atoms with Gasteiger partial charge in [0.1, 0.15) is 5.01 Å². The van der Waals surface area contributed by atoms with Crippen LogP contribution in [0.5, 0.6) is 0 Å². The molecule has 4 rings (SSSR count). The Bertz CT molecular complexity index is 828. The Morgan fingerprint density at radius 1 is 1.24 bits per heavy atom. The first kappa shape index (κ1) is 16.6. The summed E-state index contributed by atoms with van der Waals surface area (Å²) in [6.45, 7) is 7.25. The largest absolute Gasteiger partial charge is 0.375 e. The fourth-order valence-electron chi connectivity index (χ4n) is 3.20. The second kappa shape index (κ2) is 7.19. The summed E-state index contributed by atoms with van der Waals surface area (Å²) in [5.74, 6) is 0.886. The van der Waals surface area contributed by atoms with Gasteiger partial charge in [-0.3, -0.25) is 4.90 Å². The molecule has 1 fully saturated rings. The molecule has 3 aromatic rings. The molecule has 0 spiro atoms. The number of morpholine rings is 1. The van der Waals surface area contributed by atoms with E-state index in [0.29, 0.717) is 6.04 Å². The Balaban J connectivity index is 1.48. The maximum Gasteiger partial charge on any atom is 0.234 e. The maximum atomic E-state index is 5.94. The van der Waals surface area contributed by atoms with E-state index in [9.17, 15) is 0 Å². The summed E-state index contributed by atoms with van der Waals surface area (Å²) in [7, 11) is 0. The van der Waals surface area contributed by atoms with Gasteiger partial charge in [0.15, 0.2) is 5.82 Å². The topological polar surface area (TPSA) is 55.5 Å². The van der Waals surface area contributed by atoms with Gasteiger partial charge in [-0.1, -0.05) is 41.7 Å². The van der Waals surface area contributed by atoms with Gasteiger partial charge in [-0.2, -0.15) is 9.61 Å². The third-order valence-corrected chi connectivity index (χ3v) is 5.53. The molecule has 3 heterocycles. The van der Waals surface area contributed by atoms with Crippen LogP contribution in [0.4, 0.5) is 0 Å². The molecule has 2 aromatic heterocycles. The van der Waals surface area contributed by atoms with Crippen molar-refractivity contribution in [3.63, 3.8) is 0 Å². The highest BCUT2D eigenvalue weighted by atomic mass is 32.1. The number of rotatable bonds is 5. The number of fused-ring (bicyclic) bond motifs is 1. The van der Waals surface area contributed by atoms with Crippen LogP contribution >= 0.6 is 11.3 Å². The Kier molecular flexibility index (Phi) is 4.78. The SMILES string of the molecule is CC(C)N1CCO[C@H](Cc2nn3c(Cc4ccccc4)nnc3s2)C1. The Morgan fingerprint density at radius 3 is 2.88 bits per heavy atom. The van der Waals surface area contributed by atoms with Crippen molar-refractivity contribution in [2.24, 2.45) is 0 Å². The Labute approximate surface area is 151 Å². The first-order valence-electron chi connectivity index (χ1n) is 8.78. The monoisotopic (exact) mass is 357 g/mol. The highest BCUT2D eigenvalue weighted by Gasteiger charge is 2.24. The normalized spacial score (nSPS) is 19.1. The summed E-state index contributed by atoms with van der Waals surface area (Å²) in [4.78, 5) is 3.33. The summed E-state index contributed by atoms with van der Waals surface area (Å²) < 4.78 is 7.83. The van der Waals surface area contributed by atoms with Crippen LogP contribution in [0.1, 0.15) is 30.2 Å². The zero-order chi connectivity index (χ0) is 17.2. The van der Waals surface area contributed by atoms with Crippen LogP contribution in [0.25, 0.3) is 4.96 Å². The minimum atomic E-state index is 0.206. The minimum absolute atomic E-state index is 0.206. The van der Waals surface area contributed by atoms with E-state index in [1.54, 1.807) is 11.3 Å². The van der Waals surface area contributed by atoms with E-state index in [-0.39, 0.29) is 6.10 Å². The molecule has 1 saturated heterocycles. The molecule has 6 nitrogen and oxygen atoms in total. The molecule has 0 aliphatic carbocycles. The zero-order valence-electron chi connectivity index (χ0n) is 14.6. The van der Waals surface area contributed by atoms with Crippen LogP contribution in [0.15, 0.2) is 30.3 Å². The lowest BCUT2D eigenvalue weighted by atomic mass is 10.1. The average molecular weight is 357 g/mol. The molecular formula is C18H23N5OS. The maximum absolute atomic E-state index is 5.94. The lowest BCUT2D eigenvalue weighted by Crippen LogP contribution is -2.46. The molecule has 1 aliphatic heterocycles. The lowest BCUT2D eigenvalue weighted by Gasteiger charge is -2.35. The number of hydrogen-bond acceptors (Lipinski definition) is 6. The summed E-state index contributed by atoms with van der Waals surface area (Å²) in [5, 5.41) is 14.4. The summed E-state index contributed by atoms with van der Waals surface area (Å²) in [5.41, 5.74) is 1.22. The molecule has 0 saturated carbocycles. The third-order valence-electron chi connectivity index (χ3n) is 4.61. The van der Waals surface area contributed by atoms with E-state index in [0.717, 1.165) is 48.3 Å². The molecule has 0 N–H and O–H groups in total. The van der Waals surface area contributed by atoms with Crippen LogP contribution in [-0.4, -0.2) is 56.6 Å². The second-order valence-electron chi connectivity index (χ2n) is 6.75. The van der Waals surface area contributed by atoms with E-state index in [2.05, 4.69) is 41.1 Å². The van der Waals surface area contributed by atoms with Gasteiger partial charge in [0.2, 0.25) is 4.96 Å². The fourth-order valence-corrected chi connectivity index (χ4v) is 4.11. The van der Waals surface area contributed by atoms with Gasteiger partial charge in [-0.15, -0.1) is 10.2 Å². The van der Waals surface area contributed by atoms with Gasteiger partial charge in [0, 0.05) is 32.0 Å². The van der Waals surface area contributed by atoms with Gasteiger partial charge < -0.3 is 4.74 Å². The van der Waals surface area contributed by atoms with Crippen molar-refractivity contribution in [2.75, 3.05) is 19.7 Å². The van der Waals surface area contributed by atoms with Crippen molar-refractivity contribution in [1.29, 1.82) is 0 Å². The van der Waals surface area contributed by atoms with Crippen molar-refractivity contribution >= 4 is 16.3 Å². The van der Waals surface area contributed by atoms with Crippen molar-refractivity contribution in [3.05, 3.63) is 46.7 Å². The van der Waals surface area contributed by atoms with Crippen molar-refractivity contribution in [1.82, 2.24) is 24.7 Å². The van der Waals surface area contributed by atoms with Crippen LogP contribution in [-0.2, 0) is 17.6 Å². The van der Waals surface area contributed by atoms with Gasteiger partial charge in [-0.25, -0.2) is 0 Å². The first-order valence-corrected chi connectivity index (χ1v) is 9.60. The smallest absolute Gasteiger partial charge is 0.234 e. The summed E-state index contributed by atoms with van der Waals surface area (Å²) >= 11 is 1.61. The van der Waals surface area contributed by atoms with E-state index >= 15 is 0 Å². The van der Waals surface area contributed by atoms with Crippen molar-refractivity contribution in [3.8, 4) is 0 Å². The van der Waals surface area contributed by atoms with Crippen LogP contribution in [0.2, 0.25) is 0 Å². The molecular weight excluding hydrogens is 334 g/mol. The predicted molar refractivity (Wildman–Crippen MR) is 98.1 cm³/mol. The number of benzene rings is 1. The standard InChI is InChI=1S/C18H23N5OS/c1-13(2)22-8-9-24-15(12-22)11-17-21-23-16(19-20-18(23)25-17)10-14-6-4-3-5-7-14/h3-7,13,15H,8-12H2,1-2H3/t15-/m1/s1. The predicted octanol–water partition coefficient (Wildman–Crippen LogP) is 2.43. The zero-order valence-corrected chi connectivity index (χ0v) is 15.4. The van der Waals surface area contributed by atoms with Gasteiger partial charge in [-0.05, 0) is 19.4 Å². The van der Waals surface area contributed by atoms with Crippen molar-refractivity contribution < 1.29 is 4.74 Å². The molecule has 1 atom stereocenters. The van der Waals surface area contributed by atoms with E-state index in [1.807, 2.05) is 22.7 Å². The van der Waals surface area contributed by atoms with Crippen LogP contribution in [0.3, 0.4) is 0 Å². The number of aromatic nitrogens is 4. The van der Waals surface area contributed by atoms with E-state index in [1.165, 1.54) is 5.56 Å². The van der Waals surface area contributed by atoms with Gasteiger partial charge >= 0.3 is 0 Å². The quantitative estimate of drug-likeness (QED) is 0.702. The summed E-state index contributed by atoms with van der Waals surface area (Å²) in [6.07, 6.45) is 1.78. The first-order chi connectivity index (χ1) is 12.2. The molecule has 0 radical (unpaired) electrons. The molecule has 132 valence electrons. The lowest BCUT2D eigenvalue weighted by molar-refractivity contribution is -0.0378. The molecule has 1 aromatic carbocycles. The number of hydrogen-bond donors (Lipinski definition) is 0. The van der Waals surface area contributed by atoms with Gasteiger partial charge in [0.05, 0.1) is 12.7 Å². The molecule has 7 heteroatoms. The Morgan fingerprint density at radius 2 is 2.08 bits per heavy atom. The Hall–Kier alpha value is -1.83. The molecule has 1 aliphatic rings. The average Bonchev–Trinajstić information content (AvgIpc) is 3.17.